The summed E-state index contributed by atoms with van der Waals surface area (Å²) in [6.45, 7) is 0. The molecule has 0 N–H and O–H groups in total. The van der Waals surface area contributed by atoms with E-state index in [0.29, 0.717) is 0 Å². The third-order valence-electron chi connectivity index (χ3n) is 16.9. The summed E-state index contributed by atoms with van der Waals surface area (Å²) < 4.78 is 2.40. The summed E-state index contributed by atoms with van der Waals surface area (Å²) >= 11 is 0. The molecule has 380 valence electrons. The van der Waals surface area contributed by atoms with E-state index in [1.54, 1.807) is 0 Å². The van der Waals surface area contributed by atoms with Gasteiger partial charge in [0.2, 0.25) is 0 Å². The van der Waals surface area contributed by atoms with Crippen LogP contribution in [0.25, 0.3) is 60.5 Å². The number of benzene rings is 13. The lowest BCUT2D eigenvalue weighted by Gasteiger charge is -2.34. The highest BCUT2D eigenvalue weighted by Crippen LogP contribution is 2.66. The summed E-state index contributed by atoms with van der Waals surface area (Å²) in [6, 6.07) is 116. The van der Waals surface area contributed by atoms with Gasteiger partial charge in [0.25, 0.3) is 0 Å². The first-order chi connectivity index (χ1) is 40.2. The smallest absolute Gasteiger partial charge is 0.0727 e. The van der Waals surface area contributed by atoms with E-state index in [9.17, 15) is 0 Å². The molecule has 1 spiro atoms. The summed E-state index contributed by atoms with van der Waals surface area (Å²) in [7, 11) is 0. The Kier molecular flexibility index (Phi) is 10.8. The highest BCUT2D eigenvalue weighted by atomic mass is 15.2. The van der Waals surface area contributed by atoms with Crippen LogP contribution in [0, 0.1) is 0 Å². The molecule has 0 amide bonds. The molecule has 0 aliphatic heterocycles. The van der Waals surface area contributed by atoms with Crippen molar-refractivity contribution < 1.29 is 0 Å². The van der Waals surface area contributed by atoms with Crippen molar-refractivity contribution in [1.29, 1.82) is 0 Å². The molecule has 0 radical (unpaired) electrons. The van der Waals surface area contributed by atoms with E-state index in [4.69, 9.17) is 0 Å². The third kappa shape index (κ3) is 7.17. The Balaban J connectivity index is 0.948. The highest BCUT2D eigenvalue weighted by molar-refractivity contribution is 6.14. The molecule has 1 atom stereocenters. The highest BCUT2D eigenvalue weighted by Gasteiger charge is 2.53. The van der Waals surface area contributed by atoms with Crippen LogP contribution in [0.3, 0.4) is 0 Å². The van der Waals surface area contributed by atoms with E-state index in [1.165, 1.54) is 77.1 Å². The Hall–Kier alpha value is -10.7. The number of rotatable bonds is 10. The Labute approximate surface area is 471 Å². The number of hydrogen-bond donors (Lipinski definition) is 0. The van der Waals surface area contributed by atoms with Gasteiger partial charge in [-0.3, -0.25) is 0 Å². The monoisotopic (exact) mass is 1030 g/mol. The van der Waals surface area contributed by atoms with E-state index in [0.717, 1.165) is 56.9 Å². The van der Waals surface area contributed by atoms with Gasteiger partial charge in [0.05, 0.1) is 22.1 Å². The van der Waals surface area contributed by atoms with Crippen LogP contribution < -0.4 is 14.7 Å². The fourth-order valence-electron chi connectivity index (χ4n) is 13.6. The van der Waals surface area contributed by atoms with Crippen LogP contribution in [0.2, 0.25) is 0 Å². The number of nitrogens with zero attached hydrogens (tertiary/aromatic N) is 4. The number of para-hydroxylation sites is 6. The molecule has 1 unspecified atom stereocenters. The van der Waals surface area contributed by atoms with E-state index >= 15 is 0 Å². The molecule has 1 heterocycles. The normalized spacial score (nSPS) is 13.7. The van der Waals surface area contributed by atoms with Gasteiger partial charge in [-0.25, -0.2) is 0 Å². The van der Waals surface area contributed by atoms with Gasteiger partial charge in [-0.05, 0) is 166 Å². The second kappa shape index (κ2) is 18.8. The Morgan fingerprint density at radius 1 is 0.247 bits per heavy atom. The van der Waals surface area contributed by atoms with Gasteiger partial charge in [0.1, 0.15) is 0 Å². The zero-order valence-electron chi connectivity index (χ0n) is 44.3. The summed E-state index contributed by atoms with van der Waals surface area (Å²) in [5.41, 5.74) is 22.7. The van der Waals surface area contributed by atoms with Crippen LogP contribution in [-0.2, 0) is 5.41 Å². The average Bonchev–Trinajstić information content (AvgIpc) is 3.63. The average molecular weight is 1030 g/mol. The summed E-state index contributed by atoms with van der Waals surface area (Å²) in [6.07, 6.45) is 0. The number of aromatic nitrogens is 1. The SMILES string of the molecule is c1ccc(N(c2ccccc2)c2cccc(N(c3ccccc3)c3ccc4c(c3)C3(c5ccccc5-4)c4ccccc4-c4c3cc3ccccc3c4N(c3ccccc3)c3ccc4c(c3)c3ccccc3n4-c3ccccc3)c2)cc1. The first-order valence-electron chi connectivity index (χ1n) is 27.9. The van der Waals surface area contributed by atoms with Gasteiger partial charge in [0, 0.05) is 72.9 Å². The topological polar surface area (TPSA) is 14.7 Å². The molecule has 0 saturated heterocycles. The molecular formula is C77H52N4. The predicted molar refractivity (Wildman–Crippen MR) is 339 cm³/mol. The second-order valence-electron chi connectivity index (χ2n) is 21.2. The molecule has 0 bridgehead atoms. The molecule has 13 aromatic carbocycles. The van der Waals surface area contributed by atoms with Gasteiger partial charge >= 0.3 is 0 Å². The standard InChI is InChI=1S/C77H52N4/c1-6-26-54(27-7-1)78(55-28-8-2-9-29-55)59-36-24-37-60(50-59)79(56-30-10-3-11-31-56)62-45-47-65-64-39-18-21-42-69(64)77(71(65)52-62)70-43-22-19-41-67(70)75-72(77)49-53-25-16-17-38-63(53)76(75)80(57-32-12-4-13-33-57)61-46-48-74-68(51-61)66-40-20-23-44-73(66)81(74)58-34-14-5-15-35-58/h1-52H. The molecule has 0 saturated carbocycles. The summed E-state index contributed by atoms with van der Waals surface area (Å²) in [4.78, 5) is 7.32. The lowest BCUT2D eigenvalue weighted by atomic mass is 9.70. The van der Waals surface area contributed by atoms with Crippen LogP contribution in [0.1, 0.15) is 22.3 Å². The molecule has 81 heavy (non-hydrogen) atoms. The molecule has 2 aliphatic carbocycles. The first-order valence-corrected chi connectivity index (χ1v) is 27.9. The second-order valence-corrected chi connectivity index (χ2v) is 21.2. The third-order valence-corrected chi connectivity index (χ3v) is 16.9. The number of hydrogen-bond acceptors (Lipinski definition) is 3. The molecule has 4 nitrogen and oxygen atoms in total. The maximum Gasteiger partial charge on any atom is 0.0727 e. The number of anilines is 9. The Bertz CT molecular complexity index is 4670. The summed E-state index contributed by atoms with van der Waals surface area (Å²) in [5, 5.41) is 4.80. The van der Waals surface area contributed by atoms with E-state index in [-0.39, 0.29) is 0 Å². The van der Waals surface area contributed by atoms with Crippen molar-refractivity contribution in [3.05, 3.63) is 338 Å². The van der Waals surface area contributed by atoms with Crippen molar-refractivity contribution in [1.82, 2.24) is 4.57 Å². The molecule has 16 rings (SSSR count). The van der Waals surface area contributed by atoms with E-state index in [2.05, 4.69) is 335 Å². The van der Waals surface area contributed by atoms with Gasteiger partial charge < -0.3 is 19.3 Å². The maximum absolute atomic E-state index is 2.54. The van der Waals surface area contributed by atoms with Crippen molar-refractivity contribution in [2.24, 2.45) is 0 Å². The fourth-order valence-corrected chi connectivity index (χ4v) is 13.6. The van der Waals surface area contributed by atoms with Crippen molar-refractivity contribution >= 4 is 83.8 Å². The molecule has 2 aliphatic rings. The minimum absolute atomic E-state index is 0.677. The molecule has 4 heteroatoms. The molecular weight excluding hydrogens is 981 g/mol. The quantitative estimate of drug-likeness (QED) is 0.136. The van der Waals surface area contributed by atoms with Crippen LogP contribution in [-0.4, -0.2) is 4.57 Å². The first kappa shape index (κ1) is 46.4. The van der Waals surface area contributed by atoms with Gasteiger partial charge in [-0.2, -0.15) is 0 Å². The largest absolute Gasteiger partial charge is 0.310 e. The van der Waals surface area contributed by atoms with Crippen molar-refractivity contribution in [3.8, 4) is 27.9 Å². The lowest BCUT2D eigenvalue weighted by Crippen LogP contribution is -2.26. The van der Waals surface area contributed by atoms with E-state index < -0.39 is 5.41 Å². The van der Waals surface area contributed by atoms with E-state index in [1.807, 2.05) is 0 Å². The minimum Gasteiger partial charge on any atom is -0.310 e. The van der Waals surface area contributed by atoms with Crippen LogP contribution in [0.4, 0.5) is 51.2 Å². The molecule has 0 fully saturated rings. The Morgan fingerprint density at radius 3 is 1.35 bits per heavy atom. The lowest BCUT2D eigenvalue weighted by molar-refractivity contribution is 0.795. The zero-order chi connectivity index (χ0) is 53.4. The van der Waals surface area contributed by atoms with Crippen LogP contribution in [0.5, 0.6) is 0 Å². The van der Waals surface area contributed by atoms with Crippen LogP contribution >= 0.6 is 0 Å². The van der Waals surface area contributed by atoms with Crippen LogP contribution in [0.15, 0.2) is 315 Å². The minimum atomic E-state index is -0.677. The number of fused-ring (bicyclic) bond motifs is 14. The van der Waals surface area contributed by atoms with Gasteiger partial charge in [0.15, 0.2) is 0 Å². The van der Waals surface area contributed by atoms with Gasteiger partial charge in [-0.1, -0.05) is 194 Å². The van der Waals surface area contributed by atoms with Crippen molar-refractivity contribution in [3.63, 3.8) is 0 Å². The maximum atomic E-state index is 2.54. The molecule has 14 aromatic rings. The van der Waals surface area contributed by atoms with Crippen molar-refractivity contribution in [2.75, 3.05) is 14.7 Å². The Morgan fingerprint density at radius 2 is 0.691 bits per heavy atom. The summed E-state index contributed by atoms with van der Waals surface area (Å²) in [5.74, 6) is 0. The fraction of sp³-hybridized carbons (Fsp3) is 0.0130. The zero-order valence-corrected chi connectivity index (χ0v) is 44.3. The molecule has 1 aromatic heterocycles. The predicted octanol–water partition coefficient (Wildman–Crippen LogP) is 20.7. The van der Waals surface area contributed by atoms with Gasteiger partial charge in [-0.15, -0.1) is 0 Å². The van der Waals surface area contributed by atoms with Crippen molar-refractivity contribution in [2.45, 2.75) is 5.41 Å².